The van der Waals surface area contributed by atoms with E-state index in [-0.39, 0.29) is 18.3 Å². The van der Waals surface area contributed by atoms with Crippen molar-refractivity contribution in [2.75, 3.05) is 0 Å². The maximum absolute atomic E-state index is 11.1. The largest absolute Gasteiger partial charge is 0.393 e. The molecule has 1 aliphatic heterocycles. The molecule has 3 nitrogen and oxygen atoms in total. The van der Waals surface area contributed by atoms with E-state index in [0.717, 1.165) is 0 Å². The number of cyclic esters (lactones) is 2. The van der Waals surface area contributed by atoms with Crippen molar-refractivity contribution in [2.24, 2.45) is 11.3 Å². The third-order valence-corrected chi connectivity index (χ3v) is 2.46. The molecule has 1 heterocycles. The fourth-order valence-electron chi connectivity index (χ4n) is 1.07. The summed E-state index contributed by atoms with van der Waals surface area (Å²) in [6.45, 7) is 5.60. The molecule has 62 valence electrons. The topological polar surface area (TPSA) is 43.4 Å². The Morgan fingerprint density at radius 1 is 1.45 bits per heavy atom. The molecule has 1 saturated heterocycles. The highest BCUT2D eigenvalue weighted by Crippen LogP contribution is 2.37. The first kappa shape index (κ1) is 8.24. The molecular weight excluding hydrogens is 144 g/mol. The van der Waals surface area contributed by atoms with Gasteiger partial charge in [0.2, 0.25) is 0 Å². The Labute approximate surface area is 65.7 Å². The van der Waals surface area contributed by atoms with E-state index < -0.39 is 11.4 Å². The summed E-state index contributed by atoms with van der Waals surface area (Å²) < 4.78 is 4.46. The van der Waals surface area contributed by atoms with Gasteiger partial charge in [-0.15, -0.1) is 0 Å². The van der Waals surface area contributed by atoms with Crippen LogP contribution in [-0.2, 0) is 14.3 Å². The second-order valence-corrected chi connectivity index (χ2v) is 3.51. The van der Waals surface area contributed by atoms with Crippen molar-refractivity contribution in [3.63, 3.8) is 0 Å². The number of ether oxygens (including phenoxy) is 1. The molecule has 0 aliphatic carbocycles. The van der Waals surface area contributed by atoms with Gasteiger partial charge in [0, 0.05) is 0 Å². The standard InChI is InChI=1S/C8H12O3/c1-5(2)8(3)4-6(9)11-7(8)10/h5H,4H2,1-3H3. The first-order chi connectivity index (χ1) is 4.97. The maximum Gasteiger partial charge on any atom is 0.320 e. The molecule has 0 spiro atoms. The van der Waals surface area contributed by atoms with Crippen molar-refractivity contribution in [3.05, 3.63) is 0 Å². The van der Waals surface area contributed by atoms with Crippen LogP contribution in [0.3, 0.4) is 0 Å². The zero-order chi connectivity index (χ0) is 8.65. The highest BCUT2D eigenvalue weighted by molar-refractivity contribution is 5.97. The van der Waals surface area contributed by atoms with E-state index in [4.69, 9.17) is 0 Å². The molecule has 1 fully saturated rings. The van der Waals surface area contributed by atoms with Crippen molar-refractivity contribution in [2.45, 2.75) is 27.2 Å². The van der Waals surface area contributed by atoms with Crippen LogP contribution in [-0.4, -0.2) is 11.9 Å². The maximum atomic E-state index is 11.1. The quantitative estimate of drug-likeness (QED) is 0.422. The van der Waals surface area contributed by atoms with Crippen molar-refractivity contribution in [3.8, 4) is 0 Å². The summed E-state index contributed by atoms with van der Waals surface area (Å²) in [5, 5.41) is 0. The Morgan fingerprint density at radius 3 is 2.18 bits per heavy atom. The van der Waals surface area contributed by atoms with Crippen LogP contribution < -0.4 is 0 Å². The molecule has 1 unspecified atom stereocenters. The van der Waals surface area contributed by atoms with Crippen LogP contribution in [0.25, 0.3) is 0 Å². The average molecular weight is 156 g/mol. The number of hydrogen-bond donors (Lipinski definition) is 0. The van der Waals surface area contributed by atoms with Crippen molar-refractivity contribution >= 4 is 11.9 Å². The molecule has 0 aromatic carbocycles. The molecule has 3 heteroatoms. The van der Waals surface area contributed by atoms with Crippen molar-refractivity contribution in [1.82, 2.24) is 0 Å². The van der Waals surface area contributed by atoms with Gasteiger partial charge >= 0.3 is 11.9 Å². The van der Waals surface area contributed by atoms with E-state index in [1.165, 1.54) is 0 Å². The second-order valence-electron chi connectivity index (χ2n) is 3.51. The van der Waals surface area contributed by atoms with Gasteiger partial charge in [-0.1, -0.05) is 13.8 Å². The molecule has 0 amide bonds. The summed E-state index contributed by atoms with van der Waals surface area (Å²) >= 11 is 0. The van der Waals surface area contributed by atoms with E-state index in [1.54, 1.807) is 6.92 Å². The number of carbonyl (C=O) groups is 2. The number of rotatable bonds is 1. The van der Waals surface area contributed by atoms with E-state index in [0.29, 0.717) is 0 Å². The van der Waals surface area contributed by atoms with Crippen LogP contribution >= 0.6 is 0 Å². The zero-order valence-corrected chi connectivity index (χ0v) is 7.01. The SMILES string of the molecule is CC(C)C1(C)CC(=O)OC1=O. The third-order valence-electron chi connectivity index (χ3n) is 2.46. The molecule has 0 aromatic heterocycles. The van der Waals surface area contributed by atoms with Gasteiger partial charge in [-0.05, 0) is 12.8 Å². The summed E-state index contributed by atoms with van der Waals surface area (Å²) in [5.41, 5.74) is -0.586. The minimum atomic E-state index is -0.586. The molecule has 0 N–H and O–H groups in total. The Morgan fingerprint density at radius 2 is 2.00 bits per heavy atom. The van der Waals surface area contributed by atoms with Gasteiger partial charge in [0.15, 0.2) is 0 Å². The summed E-state index contributed by atoms with van der Waals surface area (Å²) in [6, 6.07) is 0. The van der Waals surface area contributed by atoms with Crippen molar-refractivity contribution in [1.29, 1.82) is 0 Å². The molecule has 11 heavy (non-hydrogen) atoms. The molecule has 0 saturated carbocycles. The van der Waals surface area contributed by atoms with Gasteiger partial charge in [-0.3, -0.25) is 9.59 Å². The van der Waals surface area contributed by atoms with Crippen LogP contribution in [0.2, 0.25) is 0 Å². The smallest absolute Gasteiger partial charge is 0.320 e. The van der Waals surface area contributed by atoms with Crippen LogP contribution in [0.5, 0.6) is 0 Å². The van der Waals surface area contributed by atoms with Crippen molar-refractivity contribution < 1.29 is 14.3 Å². The summed E-state index contributed by atoms with van der Waals surface area (Å²) in [6.07, 6.45) is 0.226. The average Bonchev–Trinajstić information content (AvgIpc) is 2.08. The van der Waals surface area contributed by atoms with Crippen LogP contribution in [0.15, 0.2) is 0 Å². The molecule has 0 bridgehead atoms. The minimum Gasteiger partial charge on any atom is -0.393 e. The van der Waals surface area contributed by atoms with E-state index >= 15 is 0 Å². The number of carbonyl (C=O) groups excluding carboxylic acids is 2. The lowest BCUT2D eigenvalue weighted by Gasteiger charge is -2.21. The molecule has 0 aromatic rings. The number of hydrogen-bond acceptors (Lipinski definition) is 3. The van der Waals surface area contributed by atoms with E-state index in [2.05, 4.69) is 4.74 Å². The lowest BCUT2D eigenvalue weighted by molar-refractivity contribution is -0.155. The van der Waals surface area contributed by atoms with Gasteiger partial charge in [-0.2, -0.15) is 0 Å². The fourth-order valence-corrected chi connectivity index (χ4v) is 1.07. The fraction of sp³-hybridized carbons (Fsp3) is 0.750. The summed E-state index contributed by atoms with van der Waals surface area (Å²) in [7, 11) is 0. The second kappa shape index (κ2) is 2.32. The first-order valence-corrected chi connectivity index (χ1v) is 3.72. The summed E-state index contributed by atoms with van der Waals surface area (Å²) in [4.78, 5) is 21.8. The Kier molecular flexibility index (Phi) is 1.74. The Bertz CT molecular complexity index is 207. The van der Waals surface area contributed by atoms with E-state index in [9.17, 15) is 9.59 Å². The Hall–Kier alpha value is -0.860. The predicted molar refractivity (Wildman–Crippen MR) is 38.7 cm³/mol. The highest BCUT2D eigenvalue weighted by Gasteiger charge is 2.47. The minimum absolute atomic E-state index is 0.154. The molecule has 1 rings (SSSR count). The van der Waals surface area contributed by atoms with Crippen LogP contribution in [0.4, 0.5) is 0 Å². The van der Waals surface area contributed by atoms with Gasteiger partial charge < -0.3 is 4.74 Å². The number of esters is 2. The molecule has 1 aliphatic rings. The van der Waals surface area contributed by atoms with Gasteiger partial charge in [0.1, 0.15) is 0 Å². The van der Waals surface area contributed by atoms with Gasteiger partial charge in [-0.25, -0.2) is 0 Å². The van der Waals surface area contributed by atoms with E-state index in [1.807, 2.05) is 13.8 Å². The van der Waals surface area contributed by atoms with Crippen LogP contribution in [0, 0.1) is 11.3 Å². The Balaban J connectivity index is 2.87. The van der Waals surface area contributed by atoms with Gasteiger partial charge in [0.05, 0.1) is 11.8 Å². The molecule has 0 radical (unpaired) electrons. The molecular formula is C8H12O3. The van der Waals surface area contributed by atoms with Crippen LogP contribution in [0.1, 0.15) is 27.2 Å². The van der Waals surface area contributed by atoms with Gasteiger partial charge in [0.25, 0.3) is 0 Å². The lowest BCUT2D eigenvalue weighted by atomic mass is 9.78. The lowest BCUT2D eigenvalue weighted by Crippen LogP contribution is -2.28. The highest BCUT2D eigenvalue weighted by atomic mass is 16.6. The predicted octanol–water partition coefficient (Wildman–Crippen LogP) is 1.12. The third kappa shape index (κ3) is 1.15. The monoisotopic (exact) mass is 156 g/mol. The molecule has 1 atom stereocenters. The summed E-state index contributed by atoms with van der Waals surface area (Å²) in [5.74, 6) is -0.620. The zero-order valence-electron chi connectivity index (χ0n) is 7.01. The normalized spacial score (nSPS) is 31.3. The first-order valence-electron chi connectivity index (χ1n) is 3.72.